The molecule has 0 aliphatic carbocycles. The lowest BCUT2D eigenvalue weighted by molar-refractivity contribution is -0.368. The number of aliphatic hydroxyl groups is 11. The minimum Gasteiger partial charge on any atom is -0.394 e. The molecule has 0 radical (unpaired) electrons. The quantitative estimate of drug-likeness (QED) is 0.117. The van der Waals surface area contributed by atoms with Gasteiger partial charge in [-0.1, -0.05) is 0 Å². The van der Waals surface area contributed by atoms with E-state index in [1.54, 1.807) is 0 Å². The van der Waals surface area contributed by atoms with Crippen molar-refractivity contribution in [3.8, 4) is 0 Å². The van der Waals surface area contributed by atoms with E-state index in [2.05, 4.69) is 0 Å². The van der Waals surface area contributed by atoms with Gasteiger partial charge in [-0.05, 0) is 0 Å². The van der Waals surface area contributed by atoms with Crippen LogP contribution in [0.4, 0.5) is 0 Å². The van der Waals surface area contributed by atoms with Gasteiger partial charge in [0, 0.05) is 0 Å². The Hall–Kier alpha value is -0.930. The highest BCUT2D eigenvalue weighted by atomic mass is 16.7. The number of rotatable bonds is 11. The maximum Gasteiger partial charge on any atom is 0.187 e. The van der Waals surface area contributed by atoms with Gasteiger partial charge in [-0.3, -0.25) is 0 Å². The first-order chi connectivity index (χ1) is 16.0. The van der Waals surface area contributed by atoms with Crippen LogP contribution in [0.25, 0.3) is 0 Å². The van der Waals surface area contributed by atoms with Crippen LogP contribution >= 0.6 is 0 Å². The van der Waals surface area contributed by atoms with Gasteiger partial charge in [0.25, 0.3) is 0 Å². The van der Waals surface area contributed by atoms with Crippen LogP contribution < -0.4 is 0 Å². The van der Waals surface area contributed by atoms with Crippen molar-refractivity contribution in [1.29, 1.82) is 0 Å². The Labute approximate surface area is 192 Å². The molecule has 0 amide bonds. The van der Waals surface area contributed by atoms with Gasteiger partial charge in [0.2, 0.25) is 0 Å². The lowest BCUT2D eigenvalue weighted by Gasteiger charge is -2.46. The Kier molecular flexibility index (Phi) is 11.1. The first-order valence-electron chi connectivity index (χ1n) is 10.4. The zero-order valence-electron chi connectivity index (χ0n) is 17.7. The van der Waals surface area contributed by atoms with Crippen molar-refractivity contribution in [2.75, 3.05) is 19.8 Å². The third-order valence-electron chi connectivity index (χ3n) is 5.65. The number of hydrogen-bond donors (Lipinski definition) is 11. The van der Waals surface area contributed by atoms with Crippen molar-refractivity contribution in [3.63, 3.8) is 0 Å². The van der Waals surface area contributed by atoms with E-state index in [4.69, 9.17) is 24.1 Å². The Morgan fingerprint density at radius 1 is 0.765 bits per heavy atom. The molecule has 14 atom stereocenters. The van der Waals surface area contributed by atoms with Crippen molar-refractivity contribution in [2.45, 2.75) is 85.8 Å². The lowest BCUT2D eigenvalue weighted by atomic mass is 9.96. The van der Waals surface area contributed by atoms with Gasteiger partial charge in [-0.15, -0.1) is 0 Å². The van der Waals surface area contributed by atoms with E-state index in [0.29, 0.717) is 0 Å². The normalized spacial score (nSPS) is 42.6. The van der Waals surface area contributed by atoms with E-state index in [0.717, 1.165) is 0 Å². The van der Waals surface area contributed by atoms with E-state index < -0.39 is 106 Å². The summed E-state index contributed by atoms with van der Waals surface area (Å²) in [5.41, 5.74) is 0. The summed E-state index contributed by atoms with van der Waals surface area (Å²) in [7, 11) is 0. The van der Waals surface area contributed by atoms with E-state index in [1.807, 2.05) is 0 Å². The van der Waals surface area contributed by atoms with Crippen LogP contribution in [0, 0.1) is 0 Å². The summed E-state index contributed by atoms with van der Waals surface area (Å²) in [6, 6.07) is 0. The summed E-state index contributed by atoms with van der Waals surface area (Å²) < 4.78 is 21.0. The van der Waals surface area contributed by atoms with E-state index in [1.165, 1.54) is 0 Å². The van der Waals surface area contributed by atoms with Gasteiger partial charge in [0.1, 0.15) is 73.2 Å². The number of ether oxygens (including phenoxy) is 4. The predicted molar refractivity (Wildman–Crippen MR) is 102 cm³/mol. The van der Waals surface area contributed by atoms with Crippen LogP contribution in [0.3, 0.4) is 0 Å². The van der Waals surface area contributed by atoms with Gasteiger partial charge >= 0.3 is 0 Å². The highest BCUT2D eigenvalue weighted by molar-refractivity contribution is 5.56. The molecular weight excluding hydrogens is 472 g/mol. The SMILES string of the molecule is O=C[C@H](O)[C@@H](O[C@H]1O[C@@H](CO)[C@H](O)[C@@H](O[C@@H]2O[C@H](CO)[C@@H](O)[C@@H](O)[C@@H]2O)[C@@H]1O)[C@H](O)[C@H](O)CO. The molecule has 16 nitrogen and oxygen atoms in total. The van der Waals surface area contributed by atoms with Crippen LogP contribution in [0.15, 0.2) is 0 Å². The Morgan fingerprint density at radius 2 is 1.32 bits per heavy atom. The molecule has 16 heteroatoms. The summed E-state index contributed by atoms with van der Waals surface area (Å²) >= 11 is 0. The minimum atomic E-state index is -2.07. The van der Waals surface area contributed by atoms with E-state index in [-0.39, 0.29) is 6.29 Å². The third-order valence-corrected chi connectivity index (χ3v) is 5.65. The van der Waals surface area contributed by atoms with Crippen LogP contribution in [0.1, 0.15) is 0 Å². The minimum absolute atomic E-state index is 0.0620. The van der Waals surface area contributed by atoms with Crippen LogP contribution in [-0.2, 0) is 23.7 Å². The maximum absolute atomic E-state index is 11.0. The van der Waals surface area contributed by atoms with E-state index in [9.17, 15) is 55.9 Å². The summed E-state index contributed by atoms with van der Waals surface area (Å²) in [6.07, 6.45) is -25.7. The van der Waals surface area contributed by atoms with Gasteiger partial charge in [0.05, 0.1) is 19.8 Å². The molecule has 0 aromatic rings. The summed E-state index contributed by atoms with van der Waals surface area (Å²) in [4.78, 5) is 11.0. The van der Waals surface area contributed by atoms with Crippen molar-refractivity contribution in [2.24, 2.45) is 0 Å². The molecule has 0 spiro atoms. The fourth-order valence-electron chi connectivity index (χ4n) is 3.58. The molecule has 2 aliphatic heterocycles. The predicted octanol–water partition coefficient (Wildman–Crippen LogP) is -7.73. The zero-order chi connectivity index (χ0) is 25.7. The average molecular weight is 504 g/mol. The summed E-state index contributed by atoms with van der Waals surface area (Å²) in [5.74, 6) is 0. The van der Waals surface area contributed by atoms with Gasteiger partial charge < -0.3 is 79.9 Å². The Bertz CT molecular complexity index is 623. The first-order valence-corrected chi connectivity index (χ1v) is 10.4. The Balaban J connectivity index is 2.25. The number of carbonyl (C=O) groups is 1. The van der Waals surface area contributed by atoms with Gasteiger partial charge in [-0.2, -0.15) is 0 Å². The highest BCUT2D eigenvalue weighted by Crippen LogP contribution is 2.30. The smallest absolute Gasteiger partial charge is 0.187 e. The molecule has 0 aromatic carbocycles. The van der Waals surface area contributed by atoms with Gasteiger partial charge in [0.15, 0.2) is 18.9 Å². The molecule has 11 N–H and O–H groups in total. The molecule has 2 rings (SSSR count). The maximum atomic E-state index is 11.0. The molecule has 2 saturated heterocycles. The summed E-state index contributed by atoms with van der Waals surface area (Å²) in [5, 5.41) is 108. The zero-order valence-corrected chi connectivity index (χ0v) is 17.7. The molecule has 2 aliphatic rings. The van der Waals surface area contributed by atoms with Crippen molar-refractivity contribution in [3.05, 3.63) is 0 Å². The van der Waals surface area contributed by atoms with Crippen molar-refractivity contribution >= 4 is 6.29 Å². The number of aliphatic hydroxyl groups excluding tert-OH is 11. The lowest BCUT2D eigenvalue weighted by Crippen LogP contribution is -2.65. The average Bonchev–Trinajstić information content (AvgIpc) is 2.84. The fourth-order valence-corrected chi connectivity index (χ4v) is 3.58. The fraction of sp³-hybridized carbons (Fsp3) is 0.944. The standard InChI is InChI=1S/C18H32O16/c19-1-5(23)9(25)15(6(24)2-20)33-18-14(30)16(11(27)8(4-22)32-18)34-17-13(29)12(28)10(26)7(3-21)31-17/h2,5-19,21-30H,1,3-4H2/t5-,6+,7-,8+,9-,10-,11+,12-,13+,14+,15-,16-,17+,18-/m1/s1. The monoisotopic (exact) mass is 504 g/mol. The van der Waals surface area contributed by atoms with Crippen LogP contribution in [0.5, 0.6) is 0 Å². The van der Waals surface area contributed by atoms with Crippen molar-refractivity contribution in [1.82, 2.24) is 0 Å². The second-order valence-electron chi connectivity index (χ2n) is 7.97. The second-order valence-corrected chi connectivity index (χ2v) is 7.97. The van der Waals surface area contributed by atoms with Crippen LogP contribution in [-0.4, -0.2) is 168 Å². The molecule has 0 saturated carbocycles. The van der Waals surface area contributed by atoms with E-state index >= 15 is 0 Å². The van der Waals surface area contributed by atoms with Crippen LogP contribution in [0.2, 0.25) is 0 Å². The molecule has 0 aromatic heterocycles. The molecular formula is C18H32O16. The topological polar surface area (TPSA) is 277 Å². The molecule has 0 unspecified atom stereocenters. The highest BCUT2D eigenvalue weighted by Gasteiger charge is 2.52. The second kappa shape index (κ2) is 12.9. The number of carbonyl (C=O) groups excluding carboxylic acids is 1. The first kappa shape index (κ1) is 29.3. The molecule has 2 heterocycles. The molecule has 2 fully saturated rings. The molecule has 200 valence electrons. The Morgan fingerprint density at radius 3 is 1.85 bits per heavy atom. The largest absolute Gasteiger partial charge is 0.394 e. The number of hydrogen-bond acceptors (Lipinski definition) is 16. The molecule has 0 bridgehead atoms. The molecule has 34 heavy (non-hydrogen) atoms. The van der Waals surface area contributed by atoms with Gasteiger partial charge in [-0.25, -0.2) is 0 Å². The third kappa shape index (κ3) is 6.25. The number of aldehydes is 1. The summed E-state index contributed by atoms with van der Waals surface area (Å²) in [6.45, 7) is -2.64. The van der Waals surface area contributed by atoms with Crippen molar-refractivity contribution < 1.29 is 79.9 Å².